The number of hydrogen-bond acceptors (Lipinski definition) is 6. The van der Waals surface area contributed by atoms with Crippen LogP contribution in [0, 0.1) is 5.92 Å². The van der Waals surface area contributed by atoms with Crippen LogP contribution in [0.15, 0.2) is 42.5 Å². The van der Waals surface area contributed by atoms with Gasteiger partial charge in [-0.3, -0.25) is 0 Å². The second-order valence-electron chi connectivity index (χ2n) is 8.14. The Bertz CT molecular complexity index is 771. The zero-order chi connectivity index (χ0) is 22.1. The minimum Gasteiger partial charge on any atom is -0.493 e. The Morgan fingerprint density at radius 2 is 1.56 bits per heavy atom. The fourth-order valence-electron chi connectivity index (χ4n) is 4.20. The summed E-state index contributed by atoms with van der Waals surface area (Å²) in [5.74, 6) is 2.48. The van der Waals surface area contributed by atoms with Gasteiger partial charge >= 0.3 is 0 Å². The normalized spacial score (nSPS) is 15.6. The highest BCUT2D eigenvalue weighted by atomic mass is 35.5. The number of ether oxygens (including phenoxy) is 4. The van der Waals surface area contributed by atoms with Gasteiger partial charge in [0.25, 0.3) is 0 Å². The van der Waals surface area contributed by atoms with Gasteiger partial charge < -0.3 is 29.0 Å². The molecular formula is C25H36ClNO5. The average molecular weight is 466 g/mol. The van der Waals surface area contributed by atoms with Crippen molar-refractivity contribution in [2.75, 3.05) is 47.6 Å². The van der Waals surface area contributed by atoms with E-state index in [0.717, 1.165) is 31.0 Å². The van der Waals surface area contributed by atoms with Crippen LogP contribution >= 0.6 is 12.4 Å². The molecule has 1 aliphatic rings. The van der Waals surface area contributed by atoms with Gasteiger partial charge in [-0.25, -0.2) is 0 Å². The molecular weight excluding hydrogens is 430 g/mol. The first-order chi connectivity index (χ1) is 15.1. The van der Waals surface area contributed by atoms with Crippen molar-refractivity contribution in [1.82, 2.24) is 4.90 Å². The lowest BCUT2D eigenvalue weighted by atomic mass is 9.90. The summed E-state index contributed by atoms with van der Waals surface area (Å²) in [5, 5.41) is 10.4. The predicted molar refractivity (Wildman–Crippen MR) is 128 cm³/mol. The van der Waals surface area contributed by atoms with Crippen molar-refractivity contribution in [2.24, 2.45) is 5.92 Å². The first-order valence-electron chi connectivity index (χ1n) is 10.9. The number of likely N-dealkylation sites (tertiary alicyclic amines) is 1. The third kappa shape index (κ3) is 7.55. The van der Waals surface area contributed by atoms with E-state index in [1.807, 2.05) is 12.1 Å². The third-order valence-corrected chi connectivity index (χ3v) is 5.85. The van der Waals surface area contributed by atoms with Crippen LogP contribution in [-0.2, 0) is 17.8 Å². The van der Waals surface area contributed by atoms with Gasteiger partial charge in [0, 0.05) is 6.54 Å². The molecule has 32 heavy (non-hydrogen) atoms. The number of aliphatic hydroxyl groups is 1. The minimum atomic E-state index is -0.507. The highest BCUT2D eigenvalue weighted by Gasteiger charge is 2.21. The highest BCUT2D eigenvalue weighted by molar-refractivity contribution is 5.85. The largest absolute Gasteiger partial charge is 0.493 e. The number of nitrogens with zero attached hydrogens (tertiary/aromatic N) is 1. The Hall–Kier alpha value is -1.99. The highest BCUT2D eigenvalue weighted by Crippen LogP contribution is 2.38. The first kappa shape index (κ1) is 26.3. The quantitative estimate of drug-likeness (QED) is 0.542. The van der Waals surface area contributed by atoms with Crippen LogP contribution in [-0.4, -0.2) is 63.7 Å². The summed E-state index contributed by atoms with van der Waals surface area (Å²) in [6.45, 7) is 3.36. The Balaban J connectivity index is 0.00000363. The lowest BCUT2D eigenvalue weighted by molar-refractivity contribution is 0.00443. The van der Waals surface area contributed by atoms with Gasteiger partial charge in [-0.1, -0.05) is 30.3 Å². The van der Waals surface area contributed by atoms with Crippen LogP contribution < -0.4 is 14.2 Å². The summed E-state index contributed by atoms with van der Waals surface area (Å²) >= 11 is 0. The molecule has 0 amide bonds. The molecule has 0 saturated carbocycles. The predicted octanol–water partition coefficient (Wildman–Crippen LogP) is 3.97. The van der Waals surface area contributed by atoms with Crippen LogP contribution in [0.4, 0.5) is 0 Å². The molecule has 3 rings (SSSR count). The summed E-state index contributed by atoms with van der Waals surface area (Å²) in [6.07, 6.45) is 2.99. The summed E-state index contributed by atoms with van der Waals surface area (Å²) in [6, 6.07) is 14.4. The van der Waals surface area contributed by atoms with E-state index in [0.29, 0.717) is 37.0 Å². The fourth-order valence-corrected chi connectivity index (χ4v) is 4.20. The average Bonchev–Trinajstić information content (AvgIpc) is 2.80. The number of halogens is 1. The lowest BCUT2D eigenvalue weighted by Gasteiger charge is -2.33. The van der Waals surface area contributed by atoms with E-state index in [9.17, 15) is 5.11 Å². The zero-order valence-electron chi connectivity index (χ0n) is 19.3. The first-order valence-corrected chi connectivity index (χ1v) is 10.9. The molecule has 1 aliphatic heterocycles. The van der Waals surface area contributed by atoms with Crippen LogP contribution in [0.2, 0.25) is 0 Å². The summed E-state index contributed by atoms with van der Waals surface area (Å²) < 4.78 is 21.9. The maximum Gasteiger partial charge on any atom is 0.203 e. The Kier molecular flexibility index (Phi) is 11.1. The van der Waals surface area contributed by atoms with Crippen molar-refractivity contribution in [3.63, 3.8) is 0 Å². The molecule has 7 heteroatoms. The molecule has 1 heterocycles. The van der Waals surface area contributed by atoms with E-state index in [1.165, 1.54) is 18.4 Å². The molecule has 0 aliphatic carbocycles. The van der Waals surface area contributed by atoms with Crippen molar-refractivity contribution < 1.29 is 24.1 Å². The molecule has 1 fully saturated rings. The number of aliphatic hydroxyl groups excluding tert-OH is 1. The maximum atomic E-state index is 10.4. The molecule has 1 saturated heterocycles. The van der Waals surface area contributed by atoms with E-state index in [4.69, 9.17) is 18.9 Å². The van der Waals surface area contributed by atoms with Gasteiger partial charge in [0.1, 0.15) is 0 Å². The topological polar surface area (TPSA) is 60.4 Å². The number of benzene rings is 2. The molecule has 0 aromatic heterocycles. The van der Waals surface area contributed by atoms with Crippen LogP contribution in [0.5, 0.6) is 17.2 Å². The fraction of sp³-hybridized carbons (Fsp3) is 0.520. The Labute approximate surface area is 197 Å². The maximum absolute atomic E-state index is 10.4. The second-order valence-corrected chi connectivity index (χ2v) is 8.14. The van der Waals surface area contributed by atoms with Crippen molar-refractivity contribution in [3.05, 3.63) is 53.6 Å². The van der Waals surface area contributed by atoms with Gasteiger partial charge in [0.05, 0.1) is 40.6 Å². The molecule has 0 bridgehead atoms. The van der Waals surface area contributed by atoms with Gasteiger partial charge in [-0.2, -0.15) is 0 Å². The SMILES string of the molecule is COc1cc(COCC(O)CN2CCC(Cc3ccccc3)CC2)cc(OC)c1OC.Cl. The molecule has 0 spiro atoms. The summed E-state index contributed by atoms with van der Waals surface area (Å²) in [4.78, 5) is 2.34. The monoisotopic (exact) mass is 465 g/mol. The molecule has 2 aromatic rings. The molecule has 178 valence electrons. The Morgan fingerprint density at radius 1 is 0.938 bits per heavy atom. The number of methoxy groups -OCH3 is 3. The molecule has 0 radical (unpaired) electrons. The summed E-state index contributed by atoms with van der Waals surface area (Å²) in [7, 11) is 4.76. The van der Waals surface area contributed by atoms with Gasteiger partial charge in [-0.05, 0) is 61.5 Å². The molecule has 1 N–H and O–H groups in total. The zero-order valence-corrected chi connectivity index (χ0v) is 20.1. The Morgan fingerprint density at radius 3 is 2.12 bits per heavy atom. The van der Waals surface area contributed by atoms with Crippen LogP contribution in [0.1, 0.15) is 24.0 Å². The molecule has 1 atom stereocenters. The van der Waals surface area contributed by atoms with Gasteiger partial charge in [0.2, 0.25) is 5.75 Å². The molecule has 1 unspecified atom stereocenters. The standard InChI is InChI=1S/C25H35NO5.ClH/c1-28-23-14-21(15-24(29-2)25(23)30-3)17-31-18-22(27)16-26-11-9-20(10-12-26)13-19-7-5-4-6-8-19;/h4-8,14-15,20,22,27H,9-13,16-18H2,1-3H3;1H. The van der Waals surface area contributed by atoms with E-state index >= 15 is 0 Å². The van der Waals surface area contributed by atoms with Crippen molar-refractivity contribution in [1.29, 1.82) is 0 Å². The smallest absolute Gasteiger partial charge is 0.203 e. The van der Waals surface area contributed by atoms with Gasteiger partial charge in [0.15, 0.2) is 11.5 Å². The second kappa shape index (κ2) is 13.5. The van der Waals surface area contributed by atoms with Crippen LogP contribution in [0.3, 0.4) is 0 Å². The number of β-amino-alcohol motifs (C(OH)–C–C–N with tert-alkyl or cyclic N) is 1. The number of hydrogen-bond donors (Lipinski definition) is 1. The van der Waals surface area contributed by atoms with Crippen molar-refractivity contribution in [3.8, 4) is 17.2 Å². The molecule has 6 nitrogen and oxygen atoms in total. The lowest BCUT2D eigenvalue weighted by Crippen LogP contribution is -2.40. The number of rotatable bonds is 11. The molecule has 2 aromatic carbocycles. The van der Waals surface area contributed by atoms with Crippen LogP contribution in [0.25, 0.3) is 0 Å². The van der Waals surface area contributed by atoms with E-state index in [2.05, 4.69) is 35.2 Å². The number of piperidine rings is 1. The van der Waals surface area contributed by atoms with E-state index < -0.39 is 6.10 Å². The van der Waals surface area contributed by atoms with E-state index in [1.54, 1.807) is 21.3 Å². The summed E-state index contributed by atoms with van der Waals surface area (Å²) in [5.41, 5.74) is 2.32. The van der Waals surface area contributed by atoms with Crippen molar-refractivity contribution in [2.45, 2.75) is 32.0 Å². The van der Waals surface area contributed by atoms with Gasteiger partial charge in [-0.15, -0.1) is 12.4 Å². The van der Waals surface area contributed by atoms with Crippen molar-refractivity contribution >= 4 is 12.4 Å². The van der Waals surface area contributed by atoms with E-state index in [-0.39, 0.29) is 12.4 Å². The minimum absolute atomic E-state index is 0. The third-order valence-electron chi connectivity index (χ3n) is 5.85.